The summed E-state index contributed by atoms with van der Waals surface area (Å²) >= 11 is 13.5. The highest BCUT2D eigenvalue weighted by Gasteiger charge is 2.27. The number of thioether (sulfide) groups is 1. The number of oxazole rings is 1. The number of nitrogens with zero attached hydrogens (tertiary/aromatic N) is 21. The van der Waals surface area contributed by atoms with Gasteiger partial charge in [0, 0.05) is 133 Å². The highest BCUT2D eigenvalue weighted by molar-refractivity contribution is 8.22. The van der Waals surface area contributed by atoms with Gasteiger partial charge >= 0.3 is 5.97 Å². The van der Waals surface area contributed by atoms with E-state index in [4.69, 9.17) is 57.4 Å². The van der Waals surface area contributed by atoms with E-state index < -0.39 is 0 Å². The molecule has 0 saturated heterocycles. The minimum atomic E-state index is -0.225. The van der Waals surface area contributed by atoms with Gasteiger partial charge < -0.3 is 27.6 Å². The average Bonchev–Trinajstić information content (AvgIpc) is 1.84. The number of esters is 1. The molecule has 0 bridgehead atoms. The van der Waals surface area contributed by atoms with Crippen LogP contribution >= 0.6 is 47.5 Å². The molecule has 34 heteroatoms. The van der Waals surface area contributed by atoms with Gasteiger partial charge in [0.25, 0.3) is 0 Å². The fourth-order valence-electron chi connectivity index (χ4n) is 8.60. The number of hydrogen-bond acceptors (Lipinski definition) is 31. The fourth-order valence-corrected chi connectivity index (χ4v) is 10.2. The number of ether oxygens (including phenoxy) is 3. The second kappa shape index (κ2) is 59.7. The standard InChI is InChI=1S/C9H13N.C9H16O2S.C8H12N2.2C8H13NO.C8H13NS.2C7H14N4.C7H12N2O.C7H13NO.C7H15NO.C6H12N4.C6H12O.C6H12S2/c1-9(2,3)8-6-4-5-7-10-8;1-5-11-8(10)6-7(12)9(2,3)4;1-8(2,3)7-9-5-4-6-10-7;1-6-5-10-7(9-6)8(2,3)4;1-6-5-7(9-10-6)8(2,3)4;1-6-5-10-7(9-6)8(2,3)4;1-7(2,3)5-6-8-9-10-11(6)4;1-7(2,3)5-6-8-10-11(4)9-6;1-5-8-9-6(10-5)7(2,3)4;1-7(2,3)6-8-4-5-9-6;1-5-9-6(8)7(2,3)4;1-6(2,3)5-7-9-10(4)8-5;1-5(7)6(2,3)4;1-6(2,3)5(7)8-4/h4-7H,1-3H3;5-6H2,1-4H3;4-6H,1-3H3;3*5H,1-4H3;2*5H2,1-4H3;1-4H3;4-5H2,1-3H3;8H,5H2,1-4H3;1-4H3;1-4H3;1-4H3. The van der Waals surface area contributed by atoms with Crippen LogP contribution in [-0.2, 0) is 95.7 Å². The van der Waals surface area contributed by atoms with Crippen LogP contribution in [0.15, 0.2) is 78.9 Å². The number of nitrogens with one attached hydrogen (secondary N) is 1. The van der Waals surface area contributed by atoms with Gasteiger partial charge in [-0.15, -0.1) is 58.8 Å². The molecule has 1 aliphatic rings. The normalized spacial score (nSPS) is 12.2. The highest BCUT2D eigenvalue weighted by atomic mass is 32.2. The molecule has 0 atom stereocenters. The number of ketones is 1. The molecule has 0 saturated carbocycles. The van der Waals surface area contributed by atoms with Crippen LogP contribution in [0.5, 0.6) is 0 Å². The zero-order valence-corrected chi connectivity index (χ0v) is 98.3. The summed E-state index contributed by atoms with van der Waals surface area (Å²) in [6.45, 7) is 103. The lowest BCUT2D eigenvalue weighted by Gasteiger charge is -2.18. The fraction of sp³-hybridized carbons (Fsp3) is 0.718. The lowest BCUT2D eigenvalue weighted by Crippen LogP contribution is -2.22. The van der Waals surface area contributed by atoms with Crippen LogP contribution < -0.4 is 0 Å². The largest absolute Gasteiger partial charge is 0.481 e. The van der Waals surface area contributed by atoms with Gasteiger partial charge in [-0.1, -0.05) is 326 Å². The number of carbonyl (C=O) groups is 2. The van der Waals surface area contributed by atoms with Crippen molar-refractivity contribution in [3.63, 3.8) is 0 Å². The average molecular weight is 1990 g/mol. The lowest BCUT2D eigenvalue weighted by molar-refractivity contribution is -0.141. The Morgan fingerprint density at radius 1 is 0.518 bits per heavy atom. The zero-order chi connectivity index (χ0) is 108. The van der Waals surface area contributed by atoms with E-state index in [0.29, 0.717) is 30.9 Å². The van der Waals surface area contributed by atoms with Gasteiger partial charge in [0.15, 0.2) is 35.2 Å². The first-order chi connectivity index (χ1) is 61.6. The number of carbonyl (C=O) groups excluding carboxylic acids is 2. The van der Waals surface area contributed by atoms with Crippen molar-refractivity contribution in [2.45, 2.75) is 396 Å². The number of aryl methyl sites for hydroxylation is 7. The number of hydrogen-bond donors (Lipinski definition) is 1. The Hall–Kier alpha value is -8.76. The van der Waals surface area contributed by atoms with Gasteiger partial charge in [-0.05, 0) is 103 Å². The van der Waals surface area contributed by atoms with E-state index in [1.54, 1.807) is 81.3 Å². The van der Waals surface area contributed by atoms with Crippen molar-refractivity contribution < 1.29 is 37.2 Å². The summed E-state index contributed by atoms with van der Waals surface area (Å²) in [4.78, 5) is 50.5. The summed E-state index contributed by atoms with van der Waals surface area (Å²) in [5, 5.41) is 56.9. The molecule has 0 fully saturated rings. The molecular weight excluding hydrogens is 1800 g/mol. The molecule has 9 aromatic rings. The van der Waals surface area contributed by atoms with Crippen LogP contribution in [-0.4, -0.2) is 166 Å². The molecule has 0 aliphatic carbocycles. The van der Waals surface area contributed by atoms with Crippen LogP contribution in [0.25, 0.3) is 0 Å². The van der Waals surface area contributed by atoms with Gasteiger partial charge in [-0.3, -0.25) is 25.0 Å². The van der Waals surface area contributed by atoms with Crippen molar-refractivity contribution >= 4 is 80.1 Å². The smallest absolute Gasteiger partial charge is 0.310 e. The summed E-state index contributed by atoms with van der Waals surface area (Å²) in [7, 11) is 5.41. The second-order valence-electron chi connectivity index (χ2n) is 47.6. The first-order valence-electron chi connectivity index (χ1n) is 46.7. The number of tetrazole rings is 3. The minimum Gasteiger partial charge on any atom is -0.481 e. The van der Waals surface area contributed by atoms with Crippen LogP contribution in [0.1, 0.15) is 393 Å². The van der Waals surface area contributed by atoms with E-state index in [9.17, 15) is 9.59 Å². The van der Waals surface area contributed by atoms with Crippen molar-refractivity contribution in [3.05, 3.63) is 135 Å². The molecule has 0 aromatic carbocycles. The molecule has 0 spiro atoms. The third-order valence-electron chi connectivity index (χ3n) is 17.1. The Bertz CT molecular complexity index is 4520. The first kappa shape index (κ1) is 135. The van der Waals surface area contributed by atoms with Gasteiger partial charge in [0.05, 0.1) is 60.9 Å². The Labute approximate surface area is 846 Å². The monoisotopic (exact) mass is 1990 g/mol. The van der Waals surface area contributed by atoms with Crippen molar-refractivity contribution in [1.29, 1.82) is 5.41 Å². The summed E-state index contributed by atoms with van der Waals surface area (Å²) in [6, 6.07) is 9.82. The van der Waals surface area contributed by atoms with Gasteiger partial charge in [-0.25, -0.2) is 24.6 Å². The number of thiazole rings is 1. The van der Waals surface area contributed by atoms with Gasteiger partial charge in [-0.2, -0.15) is 9.59 Å². The van der Waals surface area contributed by atoms with E-state index in [1.165, 1.54) is 14.6 Å². The number of aliphatic imine (C=N–C) groups is 1. The molecular formula is C103H184N22O8S4. The maximum absolute atomic E-state index is 11.0. The van der Waals surface area contributed by atoms with E-state index in [1.807, 2.05) is 155 Å². The molecule has 0 radical (unpaired) electrons. The van der Waals surface area contributed by atoms with E-state index in [0.717, 1.165) is 98.7 Å². The second-order valence-corrected chi connectivity index (χ2v) is 50.4. The van der Waals surface area contributed by atoms with Crippen molar-refractivity contribution in [2.24, 2.45) is 64.0 Å². The van der Waals surface area contributed by atoms with Crippen LogP contribution in [0.4, 0.5) is 0 Å². The number of pyridine rings is 1. The molecule has 1 aliphatic heterocycles. The third-order valence-corrected chi connectivity index (χ3v) is 21.3. The minimum absolute atomic E-state index is 0.00819. The first-order valence-corrected chi connectivity index (χ1v) is 49.6. The van der Waals surface area contributed by atoms with Crippen molar-refractivity contribution in [3.8, 4) is 0 Å². The van der Waals surface area contributed by atoms with Crippen LogP contribution in [0.3, 0.4) is 0 Å². The Kier molecular flexibility index (Phi) is 58.7. The molecule has 9 aromatic heterocycles. The molecule has 1 N–H and O–H groups in total. The maximum atomic E-state index is 11.0. The predicted octanol–water partition coefficient (Wildman–Crippen LogP) is 25.5. The quantitative estimate of drug-likeness (QED) is 0.0699. The number of aromatic nitrogens is 20. The predicted molar refractivity (Wildman–Crippen MR) is 574 cm³/mol. The summed E-state index contributed by atoms with van der Waals surface area (Å²) < 4.78 is 33.2. The lowest BCUT2D eigenvalue weighted by atomic mass is 9.90. The van der Waals surface area contributed by atoms with Crippen LogP contribution in [0.2, 0.25) is 0 Å². The van der Waals surface area contributed by atoms with Crippen LogP contribution in [0, 0.1) is 71.0 Å². The SMILES string of the molecule is CC(=O)C(C)(C)C.CC(C)(C)C1=NCCO1.CC(C)(C)c1ccccn1.CC(C)(C)c1ncccn1.CCOC(=N)C(C)(C)C.CCOC(=O)CC(=S)C(C)(C)C.CSC(=S)C(C)(C)C.Cc1cc(C(C)(C)C)no1.Cc1coc(C(C)(C)C)n1.Cc1csc(C(C)(C)C)n1.Cc1nnc(C(C)(C)C)o1.Cn1nnc(C(C)(C)C)n1.Cn1nnc(CC(C)(C)C)n1.Cn1nnnc1CC(C)(C)C. The van der Waals surface area contributed by atoms with E-state index in [-0.39, 0.29) is 94.0 Å². The highest BCUT2D eigenvalue weighted by Crippen LogP contribution is 2.29. The number of thiocarbonyl (C=S) groups is 2. The summed E-state index contributed by atoms with van der Waals surface area (Å²) in [5.41, 5.74) is 5.30. The molecule has 30 nitrogen and oxygen atoms in total. The molecule has 137 heavy (non-hydrogen) atoms. The molecule has 10 heterocycles. The van der Waals surface area contributed by atoms with Crippen molar-refractivity contribution in [2.75, 3.05) is 32.6 Å². The molecule has 778 valence electrons. The summed E-state index contributed by atoms with van der Waals surface area (Å²) in [6.07, 6.45) is 11.1. The number of Topliss-reactive ketones (excluding diaryl/α,β-unsaturated/α-hetero) is 1. The van der Waals surface area contributed by atoms with Gasteiger partial charge in [0.1, 0.15) is 30.2 Å². The molecule has 0 amide bonds. The van der Waals surface area contributed by atoms with E-state index in [2.05, 4.69) is 311 Å². The molecule has 10 rings (SSSR count). The topological polar surface area (TPSA) is 371 Å². The zero-order valence-electron chi connectivity index (χ0n) is 95.0. The maximum Gasteiger partial charge on any atom is 0.310 e. The third kappa shape index (κ3) is 67.3. The Balaban J connectivity index is -0.000000696. The Morgan fingerprint density at radius 3 is 1.24 bits per heavy atom. The summed E-state index contributed by atoms with van der Waals surface area (Å²) in [5.74, 6) is 7.75. The Morgan fingerprint density at radius 2 is 1.01 bits per heavy atom. The van der Waals surface area contributed by atoms with E-state index >= 15 is 0 Å². The molecule has 0 unspecified atom stereocenters. The van der Waals surface area contributed by atoms with Crippen molar-refractivity contribution in [1.82, 2.24) is 101 Å². The number of rotatable bonds is 6. The van der Waals surface area contributed by atoms with Gasteiger partial charge in [0.2, 0.25) is 11.8 Å².